The van der Waals surface area contributed by atoms with Crippen LogP contribution < -0.4 is 10.9 Å². The van der Waals surface area contributed by atoms with Crippen LogP contribution in [-0.2, 0) is 7.05 Å². The Kier molecular flexibility index (Phi) is 6.26. The van der Waals surface area contributed by atoms with Gasteiger partial charge in [0.2, 0.25) is 0 Å². The summed E-state index contributed by atoms with van der Waals surface area (Å²) < 4.78 is 28.7. The number of hydrogen-bond acceptors (Lipinski definition) is 6. The minimum atomic E-state index is -2.69. The molecule has 34 heavy (non-hydrogen) atoms. The topological polar surface area (TPSA) is 108 Å². The first-order chi connectivity index (χ1) is 16.2. The van der Waals surface area contributed by atoms with Crippen LogP contribution in [0.25, 0.3) is 22.6 Å². The summed E-state index contributed by atoms with van der Waals surface area (Å²) in [5.41, 5.74) is 0.473. The Morgan fingerprint density at radius 3 is 2.59 bits per heavy atom. The average Bonchev–Trinajstić information content (AvgIpc) is 3.31. The highest BCUT2D eigenvalue weighted by atomic mass is 19.3. The largest absolute Gasteiger partial charge is 0.317 e. The summed E-state index contributed by atoms with van der Waals surface area (Å²) in [5, 5.41) is 10.7. The van der Waals surface area contributed by atoms with Crippen LogP contribution in [0, 0.1) is 0 Å². The number of carbonyl (C=O) groups excluding carboxylic acids is 1. The molecule has 0 bridgehead atoms. The Morgan fingerprint density at radius 2 is 1.91 bits per heavy atom. The molecule has 11 heteroatoms. The molecule has 174 valence electrons. The number of carbonyl (C=O) groups is 1. The van der Waals surface area contributed by atoms with Gasteiger partial charge in [-0.25, -0.2) is 13.8 Å². The van der Waals surface area contributed by atoms with Crippen LogP contribution in [0.15, 0.2) is 59.9 Å². The van der Waals surface area contributed by atoms with Crippen molar-refractivity contribution in [2.24, 2.45) is 7.05 Å². The Hall–Kier alpha value is -4.28. The second-order valence-corrected chi connectivity index (χ2v) is 7.85. The molecule has 0 aliphatic heterocycles. The fourth-order valence-electron chi connectivity index (χ4n) is 3.35. The quantitative estimate of drug-likeness (QED) is 0.463. The summed E-state index contributed by atoms with van der Waals surface area (Å²) in [4.78, 5) is 33.8. The lowest BCUT2D eigenvalue weighted by molar-refractivity contribution is 0.102. The molecule has 4 heterocycles. The summed E-state index contributed by atoms with van der Waals surface area (Å²) in [7, 11) is 1.50. The summed E-state index contributed by atoms with van der Waals surface area (Å²) in [6, 6.07) is 9.23. The van der Waals surface area contributed by atoms with Crippen LogP contribution in [0.1, 0.15) is 42.4 Å². The molecule has 4 aromatic heterocycles. The SMILES string of the molecule is CC(C)n1cnnc1-c1cccc(NC(=O)c2cc(-c3ccc(C(F)F)nc3)cn(C)c2=O)n1. The standard InChI is InChI=1S/C23H21F2N7O2/c1-13(2)32-12-27-30-21(32)18-5-4-6-19(28-18)29-22(33)16-9-15(11-31(3)23(16)34)14-7-8-17(20(24)25)26-10-14/h4-13,20H,1-3H3,(H,28,29,33). The third-order valence-electron chi connectivity index (χ3n) is 5.12. The van der Waals surface area contributed by atoms with Gasteiger partial charge in [-0.15, -0.1) is 10.2 Å². The van der Waals surface area contributed by atoms with Gasteiger partial charge in [-0.05, 0) is 38.1 Å². The van der Waals surface area contributed by atoms with E-state index in [-0.39, 0.29) is 23.1 Å². The number of pyridine rings is 3. The molecular weight excluding hydrogens is 444 g/mol. The molecule has 0 unspecified atom stereocenters. The van der Waals surface area contributed by atoms with E-state index in [2.05, 4.69) is 25.5 Å². The van der Waals surface area contributed by atoms with E-state index in [1.54, 1.807) is 24.5 Å². The number of alkyl halides is 2. The lowest BCUT2D eigenvalue weighted by atomic mass is 10.1. The predicted molar refractivity (Wildman–Crippen MR) is 121 cm³/mol. The maximum Gasteiger partial charge on any atom is 0.280 e. The molecule has 0 radical (unpaired) electrons. The zero-order chi connectivity index (χ0) is 24.4. The van der Waals surface area contributed by atoms with Crippen LogP contribution in [0.4, 0.5) is 14.6 Å². The van der Waals surface area contributed by atoms with Gasteiger partial charge in [-0.2, -0.15) is 0 Å². The maximum absolute atomic E-state index is 13.0. The number of aromatic nitrogens is 6. The van der Waals surface area contributed by atoms with Crippen LogP contribution in [0.2, 0.25) is 0 Å². The van der Waals surface area contributed by atoms with Gasteiger partial charge in [0.25, 0.3) is 17.9 Å². The summed E-state index contributed by atoms with van der Waals surface area (Å²) in [5.74, 6) is 0.120. The number of anilines is 1. The van der Waals surface area contributed by atoms with Crippen molar-refractivity contribution in [2.75, 3.05) is 5.32 Å². The second kappa shape index (κ2) is 9.30. The monoisotopic (exact) mass is 465 g/mol. The first kappa shape index (κ1) is 22.9. The molecule has 1 N–H and O–H groups in total. The highest BCUT2D eigenvalue weighted by Gasteiger charge is 2.17. The number of rotatable bonds is 6. The van der Waals surface area contributed by atoms with Crippen molar-refractivity contribution in [3.05, 3.63) is 76.7 Å². The van der Waals surface area contributed by atoms with Gasteiger partial charge >= 0.3 is 0 Å². The summed E-state index contributed by atoms with van der Waals surface area (Å²) in [6.07, 6.45) is 1.70. The Bertz CT molecular complexity index is 1400. The van der Waals surface area contributed by atoms with E-state index in [0.29, 0.717) is 22.6 Å². The average molecular weight is 465 g/mol. The molecule has 0 aliphatic carbocycles. The van der Waals surface area contributed by atoms with E-state index in [9.17, 15) is 18.4 Å². The van der Waals surface area contributed by atoms with Gasteiger partial charge in [-0.1, -0.05) is 12.1 Å². The van der Waals surface area contributed by atoms with Crippen molar-refractivity contribution in [3.63, 3.8) is 0 Å². The number of halogens is 2. The lowest BCUT2D eigenvalue weighted by Crippen LogP contribution is -2.27. The van der Waals surface area contributed by atoms with Crippen molar-refractivity contribution in [3.8, 4) is 22.6 Å². The Balaban J connectivity index is 1.64. The number of nitrogens with one attached hydrogen (secondary N) is 1. The van der Waals surface area contributed by atoms with Gasteiger partial charge in [0, 0.05) is 36.6 Å². The molecule has 0 aliphatic rings. The number of aryl methyl sites for hydroxylation is 1. The molecule has 4 rings (SSSR count). The van der Waals surface area contributed by atoms with Crippen LogP contribution >= 0.6 is 0 Å². The fourth-order valence-corrected chi connectivity index (χ4v) is 3.35. The molecule has 4 aromatic rings. The van der Waals surface area contributed by atoms with Crippen molar-refractivity contribution >= 4 is 11.7 Å². The van der Waals surface area contributed by atoms with Gasteiger partial charge in [-0.3, -0.25) is 14.6 Å². The normalized spacial score (nSPS) is 11.3. The van der Waals surface area contributed by atoms with Crippen molar-refractivity contribution in [1.82, 2.24) is 29.3 Å². The van der Waals surface area contributed by atoms with Crippen LogP contribution in [0.3, 0.4) is 0 Å². The minimum Gasteiger partial charge on any atom is -0.317 e. The molecule has 1 amide bonds. The Labute approximate surface area is 193 Å². The third kappa shape index (κ3) is 4.58. The maximum atomic E-state index is 13.0. The minimum absolute atomic E-state index is 0.111. The fraction of sp³-hybridized carbons (Fsp3) is 0.217. The highest BCUT2D eigenvalue weighted by molar-refractivity contribution is 6.04. The number of amides is 1. The lowest BCUT2D eigenvalue weighted by Gasteiger charge is -2.11. The second-order valence-electron chi connectivity index (χ2n) is 7.85. The number of nitrogens with zero attached hydrogens (tertiary/aromatic N) is 6. The smallest absolute Gasteiger partial charge is 0.280 e. The summed E-state index contributed by atoms with van der Waals surface area (Å²) in [6.45, 7) is 3.97. The molecule has 0 spiro atoms. The van der Waals surface area contributed by atoms with E-state index in [1.165, 1.54) is 42.2 Å². The van der Waals surface area contributed by atoms with E-state index in [4.69, 9.17) is 0 Å². The zero-order valence-corrected chi connectivity index (χ0v) is 18.6. The van der Waals surface area contributed by atoms with Crippen LogP contribution in [-0.4, -0.2) is 35.2 Å². The first-order valence-electron chi connectivity index (χ1n) is 10.4. The third-order valence-corrected chi connectivity index (χ3v) is 5.12. The number of hydrogen-bond donors (Lipinski definition) is 1. The molecule has 0 fully saturated rings. The molecule has 0 saturated heterocycles. The van der Waals surface area contributed by atoms with Crippen molar-refractivity contribution in [2.45, 2.75) is 26.3 Å². The van der Waals surface area contributed by atoms with Crippen LogP contribution in [0.5, 0.6) is 0 Å². The predicted octanol–water partition coefficient (Wildman–Crippen LogP) is 3.87. The zero-order valence-electron chi connectivity index (χ0n) is 18.6. The molecule has 0 aromatic carbocycles. The van der Waals surface area contributed by atoms with E-state index in [0.717, 1.165) is 0 Å². The van der Waals surface area contributed by atoms with Gasteiger partial charge < -0.3 is 14.5 Å². The van der Waals surface area contributed by atoms with Gasteiger partial charge in [0.1, 0.15) is 29.1 Å². The summed E-state index contributed by atoms with van der Waals surface area (Å²) >= 11 is 0. The van der Waals surface area contributed by atoms with E-state index in [1.807, 2.05) is 18.4 Å². The molecular formula is C23H21F2N7O2. The van der Waals surface area contributed by atoms with E-state index >= 15 is 0 Å². The molecule has 0 saturated carbocycles. The van der Waals surface area contributed by atoms with E-state index < -0.39 is 17.9 Å². The van der Waals surface area contributed by atoms with Crippen molar-refractivity contribution in [1.29, 1.82) is 0 Å². The first-order valence-corrected chi connectivity index (χ1v) is 10.4. The molecule has 9 nitrogen and oxygen atoms in total. The van der Waals surface area contributed by atoms with Gasteiger partial charge in [0.15, 0.2) is 5.82 Å². The van der Waals surface area contributed by atoms with Crippen molar-refractivity contribution < 1.29 is 13.6 Å². The Morgan fingerprint density at radius 1 is 1.12 bits per heavy atom. The molecule has 0 atom stereocenters. The highest BCUT2D eigenvalue weighted by Crippen LogP contribution is 2.23. The van der Waals surface area contributed by atoms with Gasteiger partial charge in [0.05, 0.1) is 0 Å².